The van der Waals surface area contributed by atoms with Gasteiger partial charge in [-0.1, -0.05) is 25.0 Å². The molecule has 4 fully saturated rings. The van der Waals surface area contributed by atoms with Gasteiger partial charge < -0.3 is 24.4 Å². The fourth-order valence-corrected chi connectivity index (χ4v) is 9.09. The van der Waals surface area contributed by atoms with E-state index in [9.17, 15) is 14.4 Å². The Morgan fingerprint density at radius 3 is 2.62 bits per heavy atom. The number of carbonyl (C=O) groups is 3. The topological polar surface area (TPSA) is 99.6 Å². The van der Waals surface area contributed by atoms with E-state index >= 15 is 0 Å². The summed E-state index contributed by atoms with van der Waals surface area (Å²) in [6.07, 6.45) is 9.85. The first-order valence-corrected chi connectivity index (χ1v) is 15.9. The van der Waals surface area contributed by atoms with Crippen LogP contribution in [-0.2, 0) is 23.9 Å². The Hall–Kier alpha value is -1.88. The van der Waals surface area contributed by atoms with Gasteiger partial charge in [0.1, 0.15) is 6.04 Å². The largest absolute Gasteiger partial charge is 0.465 e. The first kappa shape index (κ1) is 31.1. The molecule has 4 heterocycles. The van der Waals surface area contributed by atoms with Crippen molar-refractivity contribution in [2.24, 2.45) is 11.8 Å². The highest BCUT2D eigenvalue weighted by atomic mass is 32.2. The van der Waals surface area contributed by atoms with E-state index in [0.717, 1.165) is 64.6 Å². The van der Waals surface area contributed by atoms with E-state index in [1.165, 1.54) is 0 Å². The van der Waals surface area contributed by atoms with Gasteiger partial charge in [-0.2, -0.15) is 0 Å². The monoisotopic (exact) mass is 577 g/mol. The summed E-state index contributed by atoms with van der Waals surface area (Å²) in [7, 11) is 0. The van der Waals surface area contributed by atoms with Crippen molar-refractivity contribution in [1.29, 1.82) is 0 Å². The van der Waals surface area contributed by atoms with Crippen LogP contribution in [0.3, 0.4) is 0 Å². The maximum Gasteiger partial charge on any atom is 0.310 e. The third kappa shape index (κ3) is 6.61. The average molecular weight is 578 g/mol. The van der Waals surface area contributed by atoms with Crippen molar-refractivity contribution in [3.05, 3.63) is 25.3 Å². The van der Waals surface area contributed by atoms with Crippen molar-refractivity contribution in [3.63, 3.8) is 0 Å². The number of esters is 1. The number of aliphatic hydroxyl groups is 1. The average Bonchev–Trinajstić information content (AvgIpc) is 3.61. The summed E-state index contributed by atoms with van der Waals surface area (Å²) in [6.45, 7) is 13.4. The van der Waals surface area contributed by atoms with Crippen LogP contribution in [-0.4, -0.2) is 119 Å². The van der Waals surface area contributed by atoms with Crippen molar-refractivity contribution in [1.82, 2.24) is 14.7 Å². The Morgan fingerprint density at radius 1 is 1.12 bits per heavy atom. The van der Waals surface area contributed by atoms with Gasteiger partial charge >= 0.3 is 5.97 Å². The lowest BCUT2D eigenvalue weighted by Crippen LogP contribution is -2.56. The minimum absolute atomic E-state index is 0.00376. The minimum atomic E-state index is -0.604. The molecule has 9 nitrogen and oxygen atoms in total. The van der Waals surface area contributed by atoms with E-state index in [1.54, 1.807) is 28.8 Å². The molecule has 40 heavy (non-hydrogen) atoms. The number of morpholine rings is 1. The summed E-state index contributed by atoms with van der Waals surface area (Å²) in [6, 6.07) is -0.596. The first-order valence-electron chi connectivity index (χ1n) is 15.0. The van der Waals surface area contributed by atoms with Gasteiger partial charge in [0.05, 0.1) is 36.4 Å². The molecule has 0 aromatic heterocycles. The molecule has 2 bridgehead atoms. The van der Waals surface area contributed by atoms with Crippen molar-refractivity contribution in [3.8, 4) is 0 Å². The van der Waals surface area contributed by atoms with E-state index in [4.69, 9.17) is 14.6 Å². The van der Waals surface area contributed by atoms with Gasteiger partial charge in [0.2, 0.25) is 11.8 Å². The molecule has 4 aliphatic heterocycles. The van der Waals surface area contributed by atoms with Crippen LogP contribution in [0.15, 0.2) is 25.3 Å². The molecule has 4 rings (SSSR count). The molecule has 1 spiro atoms. The van der Waals surface area contributed by atoms with Gasteiger partial charge in [-0.05, 0) is 38.5 Å². The molecule has 4 saturated heterocycles. The number of ether oxygens (including phenoxy) is 2. The van der Waals surface area contributed by atoms with E-state index in [2.05, 4.69) is 18.1 Å². The molecule has 224 valence electrons. The highest BCUT2D eigenvalue weighted by Gasteiger charge is 2.74. The Bertz CT molecular complexity index is 912. The summed E-state index contributed by atoms with van der Waals surface area (Å²) in [5, 5.41) is 9.16. The highest BCUT2D eigenvalue weighted by Crippen LogP contribution is 2.66. The lowest BCUT2D eigenvalue weighted by atomic mass is 9.71. The lowest BCUT2D eigenvalue weighted by molar-refractivity contribution is -0.154. The normalized spacial score (nSPS) is 29.4. The number of fused-ring (bicyclic) bond motifs is 1. The first-order chi connectivity index (χ1) is 19.5. The molecule has 0 saturated carbocycles. The zero-order chi connectivity index (χ0) is 28.5. The zero-order valence-electron chi connectivity index (χ0n) is 23.8. The van der Waals surface area contributed by atoms with Crippen molar-refractivity contribution >= 4 is 29.5 Å². The van der Waals surface area contributed by atoms with Crippen LogP contribution in [0.4, 0.5) is 0 Å². The van der Waals surface area contributed by atoms with Gasteiger partial charge in [0.25, 0.3) is 0 Å². The summed E-state index contributed by atoms with van der Waals surface area (Å²) < 4.78 is 10.5. The summed E-state index contributed by atoms with van der Waals surface area (Å²) in [5.41, 5.74) is 0. The second-order valence-electron chi connectivity index (χ2n) is 11.4. The number of unbranched alkanes of at least 4 members (excludes halogenated alkanes) is 4. The number of hydrogen-bond acceptors (Lipinski definition) is 8. The number of allylic oxidation sites excluding steroid dienone is 1. The van der Waals surface area contributed by atoms with Crippen LogP contribution < -0.4 is 0 Å². The number of hydrogen-bond donors (Lipinski definition) is 1. The summed E-state index contributed by atoms with van der Waals surface area (Å²) in [4.78, 5) is 47.8. The Labute approximate surface area is 243 Å². The lowest BCUT2D eigenvalue weighted by Gasteiger charge is -2.38. The van der Waals surface area contributed by atoms with E-state index < -0.39 is 22.6 Å². The van der Waals surface area contributed by atoms with Crippen LogP contribution in [0.5, 0.6) is 0 Å². The second kappa shape index (κ2) is 14.8. The molecule has 5 atom stereocenters. The maximum atomic E-state index is 14.4. The molecule has 0 aromatic carbocycles. The Kier molecular flexibility index (Phi) is 11.5. The predicted octanol–water partition coefficient (Wildman–Crippen LogP) is 2.49. The molecule has 2 unspecified atom stereocenters. The number of nitrogens with zero attached hydrogens (tertiary/aromatic N) is 3. The van der Waals surface area contributed by atoms with Crippen LogP contribution in [0.1, 0.15) is 51.4 Å². The Balaban J connectivity index is 1.55. The molecule has 4 aliphatic rings. The van der Waals surface area contributed by atoms with Crippen LogP contribution in [0.25, 0.3) is 0 Å². The van der Waals surface area contributed by atoms with Crippen molar-refractivity contribution in [2.45, 2.75) is 67.4 Å². The van der Waals surface area contributed by atoms with Crippen molar-refractivity contribution in [2.75, 3.05) is 65.7 Å². The van der Waals surface area contributed by atoms with E-state index in [-0.39, 0.29) is 29.6 Å². The quantitative estimate of drug-likeness (QED) is 0.160. The second-order valence-corrected chi connectivity index (χ2v) is 13.0. The van der Waals surface area contributed by atoms with Crippen LogP contribution in [0.2, 0.25) is 0 Å². The van der Waals surface area contributed by atoms with Crippen LogP contribution >= 0.6 is 11.8 Å². The summed E-state index contributed by atoms with van der Waals surface area (Å²) >= 11 is 1.69. The van der Waals surface area contributed by atoms with Crippen molar-refractivity contribution < 1.29 is 29.0 Å². The van der Waals surface area contributed by atoms with Gasteiger partial charge in [0, 0.05) is 51.1 Å². The minimum Gasteiger partial charge on any atom is -0.465 e. The highest BCUT2D eigenvalue weighted by molar-refractivity contribution is 8.02. The number of amides is 2. The molecular formula is C30H47N3O6S. The van der Waals surface area contributed by atoms with Crippen LogP contribution in [0, 0.1) is 11.8 Å². The number of aliphatic hydroxyl groups excluding tert-OH is 1. The zero-order valence-corrected chi connectivity index (χ0v) is 24.7. The SMILES string of the molecule is C=CCCCOC(=O)[C@@H]1[C@H]2C(=O)N(CCCCCCO)C(C(=O)N(CC=C)CCN3CCOCC3)C23CC[C@H]1S3. The number of carbonyl (C=O) groups excluding carboxylic acids is 3. The molecule has 0 aromatic rings. The molecule has 2 amide bonds. The number of thioether (sulfide) groups is 1. The molecule has 10 heteroatoms. The fourth-order valence-electron chi connectivity index (χ4n) is 6.89. The molecular weight excluding hydrogens is 530 g/mol. The molecule has 0 radical (unpaired) electrons. The molecule has 0 aliphatic carbocycles. The van der Waals surface area contributed by atoms with Gasteiger partial charge in [-0.25, -0.2) is 0 Å². The third-order valence-corrected chi connectivity index (χ3v) is 10.8. The standard InChI is InChI=1S/C30H47N3O6S/c1-3-5-10-20-39-29(37)24-23-11-12-30(40-23)25(24)27(35)33(14-8-6-7-9-19-34)26(30)28(36)32(13-4-2)16-15-31-17-21-38-22-18-31/h3-4,23-26,34H,1-2,5-22H2/t23-,24+,25+,26?,30?/m1/s1. The van der Waals surface area contributed by atoms with E-state index in [0.29, 0.717) is 45.9 Å². The van der Waals surface area contributed by atoms with E-state index in [1.807, 2.05) is 4.90 Å². The van der Waals surface area contributed by atoms with Gasteiger partial charge in [0.15, 0.2) is 0 Å². The fraction of sp³-hybridized carbons (Fsp3) is 0.767. The Morgan fingerprint density at radius 2 is 1.90 bits per heavy atom. The third-order valence-electron chi connectivity index (χ3n) is 8.86. The maximum absolute atomic E-state index is 14.4. The van der Waals surface area contributed by atoms with Gasteiger partial charge in [-0.15, -0.1) is 24.9 Å². The summed E-state index contributed by atoms with van der Waals surface area (Å²) in [5.74, 6) is -1.44. The van der Waals surface area contributed by atoms with Gasteiger partial charge in [-0.3, -0.25) is 19.3 Å². The smallest absolute Gasteiger partial charge is 0.310 e. The number of rotatable bonds is 17. The predicted molar refractivity (Wildman–Crippen MR) is 156 cm³/mol. The molecule has 1 N–H and O–H groups in total. The number of likely N-dealkylation sites (tertiary alicyclic amines) is 1.